The number of carbonyl (C=O) groups excluding carboxylic acids is 1. The van der Waals surface area contributed by atoms with Gasteiger partial charge < -0.3 is 13.9 Å². The first-order chi connectivity index (χ1) is 12.9. The number of carbonyl (C=O) groups is 1. The number of hydrogen-bond acceptors (Lipinski definition) is 8. The van der Waals surface area contributed by atoms with Gasteiger partial charge in [-0.3, -0.25) is 0 Å². The fraction of sp³-hybridized carbons (Fsp3) is 0.471. The highest BCUT2D eigenvalue weighted by Gasteiger charge is 2.27. The number of sulfonamides is 1. The number of nitrogens with zero attached hydrogens (tertiary/aromatic N) is 2. The molecule has 1 aliphatic carbocycles. The summed E-state index contributed by atoms with van der Waals surface area (Å²) in [5.74, 6) is -0.0302. The van der Waals surface area contributed by atoms with Crippen LogP contribution in [0.15, 0.2) is 27.5 Å². The second-order valence-corrected chi connectivity index (χ2v) is 7.94. The van der Waals surface area contributed by atoms with Gasteiger partial charge in [0.25, 0.3) is 5.89 Å². The Morgan fingerprint density at radius 1 is 1.30 bits per heavy atom. The third kappa shape index (κ3) is 4.64. The second kappa shape index (κ2) is 8.05. The summed E-state index contributed by atoms with van der Waals surface area (Å²) < 4.78 is 43.6. The number of aryl methyl sites for hydroxylation is 1. The van der Waals surface area contributed by atoms with Crippen molar-refractivity contribution in [2.45, 2.75) is 50.2 Å². The van der Waals surface area contributed by atoms with Gasteiger partial charge in [0.2, 0.25) is 15.9 Å². The first kappa shape index (κ1) is 19.3. The maximum absolute atomic E-state index is 12.7. The van der Waals surface area contributed by atoms with Gasteiger partial charge in [-0.1, -0.05) is 12.8 Å². The van der Waals surface area contributed by atoms with E-state index in [4.69, 9.17) is 13.9 Å². The van der Waals surface area contributed by atoms with Gasteiger partial charge in [0.05, 0.1) is 12.7 Å². The Hall–Kier alpha value is -2.46. The molecule has 0 unspecified atom stereocenters. The van der Waals surface area contributed by atoms with E-state index in [2.05, 4.69) is 14.9 Å². The minimum absolute atomic E-state index is 0.0823. The Balaban J connectivity index is 1.78. The predicted octanol–water partition coefficient (Wildman–Crippen LogP) is 1.96. The normalized spacial score (nSPS) is 15.0. The molecule has 1 aromatic carbocycles. The van der Waals surface area contributed by atoms with Crippen molar-refractivity contribution in [2.75, 3.05) is 7.11 Å². The van der Waals surface area contributed by atoms with Crippen molar-refractivity contribution in [3.8, 4) is 5.75 Å². The number of esters is 1. The van der Waals surface area contributed by atoms with Crippen molar-refractivity contribution >= 4 is 16.0 Å². The van der Waals surface area contributed by atoms with Gasteiger partial charge in [-0.05, 0) is 31.0 Å². The van der Waals surface area contributed by atoms with Gasteiger partial charge in [0.15, 0.2) is 6.61 Å². The molecule has 146 valence electrons. The standard InChI is InChI=1S/C17H21N3O6S/c1-11-18-19-16(26-11)10-25-17(21)12-7-8-14(24-2)15(9-12)27(22,23)20-13-5-3-4-6-13/h7-9,13,20H,3-6,10H2,1-2H3. The fourth-order valence-corrected chi connectivity index (χ4v) is 4.45. The number of methoxy groups -OCH3 is 1. The van der Waals surface area contributed by atoms with Crippen molar-refractivity contribution in [3.05, 3.63) is 35.5 Å². The van der Waals surface area contributed by atoms with Crippen LogP contribution >= 0.6 is 0 Å². The number of benzene rings is 1. The number of hydrogen-bond donors (Lipinski definition) is 1. The van der Waals surface area contributed by atoms with Crippen LogP contribution in [-0.2, 0) is 21.4 Å². The lowest BCUT2D eigenvalue weighted by molar-refractivity contribution is 0.0436. The summed E-state index contributed by atoms with van der Waals surface area (Å²) in [7, 11) is -2.46. The topological polar surface area (TPSA) is 121 Å². The average Bonchev–Trinajstić information content (AvgIpc) is 3.30. The van der Waals surface area contributed by atoms with E-state index in [-0.39, 0.29) is 34.7 Å². The summed E-state index contributed by atoms with van der Waals surface area (Å²) in [6.07, 6.45) is 3.58. The molecule has 0 spiro atoms. The van der Waals surface area contributed by atoms with Crippen LogP contribution in [0.5, 0.6) is 5.75 Å². The lowest BCUT2D eigenvalue weighted by Gasteiger charge is -2.15. The van der Waals surface area contributed by atoms with Gasteiger partial charge >= 0.3 is 5.97 Å². The van der Waals surface area contributed by atoms with Crippen molar-refractivity contribution in [1.29, 1.82) is 0 Å². The Labute approximate surface area is 157 Å². The van der Waals surface area contributed by atoms with Gasteiger partial charge in [-0.15, -0.1) is 10.2 Å². The zero-order valence-corrected chi connectivity index (χ0v) is 15.9. The summed E-state index contributed by atoms with van der Waals surface area (Å²) in [5, 5.41) is 7.38. The molecule has 10 heteroatoms. The predicted molar refractivity (Wildman–Crippen MR) is 93.7 cm³/mol. The summed E-state index contributed by atoms with van der Waals surface area (Å²) >= 11 is 0. The summed E-state index contributed by atoms with van der Waals surface area (Å²) in [5.41, 5.74) is 0.0823. The quantitative estimate of drug-likeness (QED) is 0.706. The van der Waals surface area contributed by atoms with Crippen LogP contribution < -0.4 is 9.46 Å². The van der Waals surface area contributed by atoms with E-state index in [9.17, 15) is 13.2 Å². The molecule has 0 saturated heterocycles. The maximum Gasteiger partial charge on any atom is 0.338 e. The second-order valence-electron chi connectivity index (χ2n) is 6.26. The van der Waals surface area contributed by atoms with E-state index in [0.29, 0.717) is 5.89 Å². The van der Waals surface area contributed by atoms with Crippen LogP contribution in [0.3, 0.4) is 0 Å². The van der Waals surface area contributed by atoms with E-state index in [1.54, 1.807) is 6.92 Å². The Morgan fingerprint density at radius 2 is 2.04 bits per heavy atom. The van der Waals surface area contributed by atoms with E-state index in [1.165, 1.54) is 25.3 Å². The largest absolute Gasteiger partial charge is 0.495 e. The maximum atomic E-state index is 12.7. The molecular formula is C17H21N3O6S. The summed E-state index contributed by atoms with van der Waals surface area (Å²) in [6, 6.07) is 4.01. The van der Waals surface area contributed by atoms with Crippen molar-refractivity contribution in [3.63, 3.8) is 0 Å². The molecular weight excluding hydrogens is 374 g/mol. The van der Waals surface area contributed by atoms with Gasteiger partial charge in [-0.2, -0.15) is 0 Å². The van der Waals surface area contributed by atoms with Gasteiger partial charge in [-0.25, -0.2) is 17.9 Å². The molecule has 27 heavy (non-hydrogen) atoms. The van der Waals surface area contributed by atoms with E-state index < -0.39 is 16.0 Å². The molecule has 1 heterocycles. The van der Waals surface area contributed by atoms with Crippen LogP contribution in [0.25, 0.3) is 0 Å². The molecule has 0 bridgehead atoms. The lowest BCUT2D eigenvalue weighted by Crippen LogP contribution is -2.33. The first-order valence-electron chi connectivity index (χ1n) is 8.55. The van der Waals surface area contributed by atoms with Crippen LogP contribution in [0.1, 0.15) is 47.8 Å². The molecule has 0 aliphatic heterocycles. The summed E-state index contributed by atoms with van der Waals surface area (Å²) in [6.45, 7) is 1.42. The first-order valence-corrected chi connectivity index (χ1v) is 10.0. The molecule has 1 aromatic heterocycles. The van der Waals surface area contributed by atoms with Gasteiger partial charge in [0.1, 0.15) is 10.6 Å². The molecule has 9 nitrogen and oxygen atoms in total. The molecule has 2 aromatic rings. The number of aromatic nitrogens is 2. The molecule has 1 N–H and O–H groups in total. The Kier molecular flexibility index (Phi) is 5.76. The highest BCUT2D eigenvalue weighted by molar-refractivity contribution is 7.89. The molecule has 1 fully saturated rings. The van der Waals surface area contributed by atoms with E-state index in [0.717, 1.165) is 25.7 Å². The third-order valence-electron chi connectivity index (χ3n) is 4.26. The van der Waals surface area contributed by atoms with E-state index in [1.807, 2.05) is 0 Å². The van der Waals surface area contributed by atoms with Crippen LogP contribution in [0.4, 0.5) is 0 Å². The molecule has 3 rings (SSSR count). The van der Waals surface area contributed by atoms with Crippen LogP contribution in [-0.4, -0.2) is 37.7 Å². The number of ether oxygens (including phenoxy) is 2. The van der Waals surface area contributed by atoms with Gasteiger partial charge in [0, 0.05) is 13.0 Å². The lowest BCUT2D eigenvalue weighted by atomic mass is 10.2. The SMILES string of the molecule is COc1ccc(C(=O)OCc2nnc(C)o2)cc1S(=O)(=O)NC1CCCC1. The van der Waals surface area contributed by atoms with E-state index >= 15 is 0 Å². The van der Waals surface area contributed by atoms with Crippen molar-refractivity contribution in [1.82, 2.24) is 14.9 Å². The van der Waals surface area contributed by atoms with Crippen molar-refractivity contribution in [2.24, 2.45) is 0 Å². The summed E-state index contributed by atoms with van der Waals surface area (Å²) in [4.78, 5) is 12.2. The van der Waals surface area contributed by atoms with Crippen LogP contribution in [0, 0.1) is 6.92 Å². The Morgan fingerprint density at radius 3 is 2.67 bits per heavy atom. The third-order valence-corrected chi connectivity index (χ3v) is 5.80. The fourth-order valence-electron chi connectivity index (χ4n) is 2.95. The van der Waals surface area contributed by atoms with Crippen molar-refractivity contribution < 1.29 is 27.1 Å². The van der Waals surface area contributed by atoms with Crippen LogP contribution in [0.2, 0.25) is 0 Å². The zero-order valence-electron chi connectivity index (χ0n) is 15.1. The molecule has 1 saturated carbocycles. The number of nitrogens with one attached hydrogen (secondary N) is 1. The Bertz CT molecular complexity index is 919. The smallest absolute Gasteiger partial charge is 0.338 e. The molecule has 0 radical (unpaired) electrons. The highest BCUT2D eigenvalue weighted by Crippen LogP contribution is 2.27. The number of rotatable bonds is 7. The average molecular weight is 395 g/mol. The molecule has 1 aliphatic rings. The zero-order chi connectivity index (χ0) is 19.4. The monoisotopic (exact) mass is 395 g/mol. The molecule has 0 amide bonds. The minimum Gasteiger partial charge on any atom is -0.495 e. The highest BCUT2D eigenvalue weighted by atomic mass is 32.2. The minimum atomic E-state index is -3.83. The molecule has 0 atom stereocenters.